The number of fused-ring (bicyclic) bond motifs is 1. The van der Waals surface area contributed by atoms with Crippen LogP contribution in [0.4, 0.5) is 5.69 Å². The van der Waals surface area contributed by atoms with Gasteiger partial charge in [0.1, 0.15) is 12.4 Å². The van der Waals surface area contributed by atoms with E-state index >= 15 is 0 Å². The highest BCUT2D eigenvalue weighted by Crippen LogP contribution is 2.34. The van der Waals surface area contributed by atoms with Crippen molar-refractivity contribution in [3.05, 3.63) is 23.8 Å². The molecule has 6 heteroatoms. The van der Waals surface area contributed by atoms with E-state index in [1.165, 1.54) is 12.1 Å². The predicted molar refractivity (Wildman–Crippen MR) is 63.3 cm³/mol. The van der Waals surface area contributed by atoms with E-state index in [2.05, 4.69) is 0 Å². The van der Waals surface area contributed by atoms with Gasteiger partial charge in [0, 0.05) is 7.05 Å². The molecule has 0 radical (unpaired) electrons. The number of hydrogen-bond donors (Lipinski definition) is 2. The number of rotatable bonds is 3. The Balaban J connectivity index is 2.28. The van der Waals surface area contributed by atoms with Gasteiger partial charge in [-0.15, -0.1) is 0 Å². The molecule has 1 aliphatic heterocycles. The summed E-state index contributed by atoms with van der Waals surface area (Å²) < 4.78 is 5.43. The molecule has 0 saturated carbocycles. The second-order valence-electron chi connectivity index (χ2n) is 4.16. The van der Waals surface area contributed by atoms with Gasteiger partial charge in [0.2, 0.25) is 0 Å². The number of aliphatic carboxylic acids is 1. The number of hydrogen-bond acceptors (Lipinski definition) is 4. The molecule has 0 saturated heterocycles. The lowest BCUT2D eigenvalue weighted by molar-refractivity contribution is -0.137. The molecule has 0 amide bonds. The number of anilines is 1. The van der Waals surface area contributed by atoms with Gasteiger partial charge >= 0.3 is 11.9 Å². The van der Waals surface area contributed by atoms with Crippen LogP contribution in [0.1, 0.15) is 16.8 Å². The Bertz CT molecular complexity index is 499. The lowest BCUT2D eigenvalue weighted by atomic mass is 10.1. The molecule has 2 N–H and O–H groups in total. The molecule has 0 aliphatic carbocycles. The van der Waals surface area contributed by atoms with Gasteiger partial charge in [0.25, 0.3) is 0 Å². The van der Waals surface area contributed by atoms with Crippen molar-refractivity contribution in [2.45, 2.75) is 12.5 Å². The Morgan fingerprint density at radius 1 is 1.44 bits per heavy atom. The third kappa shape index (κ3) is 2.22. The highest BCUT2D eigenvalue weighted by atomic mass is 16.5. The predicted octanol–water partition coefficient (Wildman–Crippen LogP) is 1.06. The van der Waals surface area contributed by atoms with Crippen molar-refractivity contribution in [2.75, 3.05) is 18.6 Å². The van der Waals surface area contributed by atoms with Gasteiger partial charge in [-0.2, -0.15) is 0 Å². The molecule has 2 rings (SSSR count). The zero-order valence-electron chi connectivity index (χ0n) is 9.79. The van der Waals surface area contributed by atoms with E-state index in [0.29, 0.717) is 11.4 Å². The molecule has 1 atom stereocenters. The molecule has 1 aromatic rings. The van der Waals surface area contributed by atoms with Crippen LogP contribution >= 0.6 is 0 Å². The maximum atomic E-state index is 10.8. The van der Waals surface area contributed by atoms with Gasteiger partial charge in [0.15, 0.2) is 0 Å². The minimum atomic E-state index is -1.02. The highest BCUT2D eigenvalue weighted by molar-refractivity contribution is 5.89. The van der Waals surface area contributed by atoms with E-state index in [9.17, 15) is 9.59 Å². The smallest absolute Gasteiger partial charge is 0.335 e. The van der Waals surface area contributed by atoms with E-state index in [-0.39, 0.29) is 24.6 Å². The molecule has 1 unspecified atom stereocenters. The lowest BCUT2D eigenvalue weighted by Gasteiger charge is -2.35. The molecule has 0 fully saturated rings. The number of aromatic carboxylic acids is 1. The summed E-state index contributed by atoms with van der Waals surface area (Å²) in [5.41, 5.74) is 0.858. The summed E-state index contributed by atoms with van der Waals surface area (Å²) in [6, 6.07) is 4.31. The van der Waals surface area contributed by atoms with Crippen molar-refractivity contribution in [2.24, 2.45) is 0 Å². The fourth-order valence-electron chi connectivity index (χ4n) is 1.95. The fourth-order valence-corrected chi connectivity index (χ4v) is 1.95. The maximum absolute atomic E-state index is 10.8. The molecule has 6 nitrogen and oxygen atoms in total. The molecular weight excluding hydrogens is 238 g/mol. The summed E-state index contributed by atoms with van der Waals surface area (Å²) in [5.74, 6) is -1.43. The van der Waals surface area contributed by atoms with Gasteiger partial charge < -0.3 is 19.8 Å². The van der Waals surface area contributed by atoms with Gasteiger partial charge in [-0.25, -0.2) is 4.79 Å². The van der Waals surface area contributed by atoms with Crippen LogP contribution in [0.3, 0.4) is 0 Å². The average molecular weight is 251 g/mol. The van der Waals surface area contributed by atoms with Crippen molar-refractivity contribution in [3.63, 3.8) is 0 Å². The SMILES string of the molecule is CN1c2ccc(C(=O)O)cc2OCC1CC(=O)O. The fraction of sp³-hybridized carbons (Fsp3) is 0.333. The third-order valence-corrected chi connectivity index (χ3v) is 2.98. The Morgan fingerprint density at radius 2 is 2.17 bits per heavy atom. The van der Waals surface area contributed by atoms with Gasteiger partial charge in [-0.1, -0.05) is 0 Å². The summed E-state index contributed by atoms with van der Waals surface area (Å²) in [6.45, 7) is 0.235. The standard InChI is InChI=1S/C12H13NO5/c1-13-8(5-11(14)15)6-18-10-4-7(12(16)17)2-3-9(10)13/h2-4,8H,5-6H2,1H3,(H,14,15)(H,16,17). The van der Waals surface area contributed by atoms with Crippen molar-refractivity contribution in [1.82, 2.24) is 0 Å². The lowest BCUT2D eigenvalue weighted by Crippen LogP contribution is -2.41. The van der Waals surface area contributed by atoms with E-state index < -0.39 is 11.9 Å². The van der Waals surface area contributed by atoms with Crippen LogP contribution in [0.25, 0.3) is 0 Å². The number of carboxylic acid groups (broad SMARTS) is 2. The van der Waals surface area contributed by atoms with Crippen LogP contribution in [0.15, 0.2) is 18.2 Å². The first-order chi connectivity index (χ1) is 8.49. The van der Waals surface area contributed by atoms with E-state index in [1.54, 1.807) is 18.0 Å². The summed E-state index contributed by atoms with van der Waals surface area (Å²) in [4.78, 5) is 23.3. The van der Waals surface area contributed by atoms with Crippen molar-refractivity contribution < 1.29 is 24.5 Å². The Labute approximate surface area is 103 Å². The first kappa shape index (κ1) is 12.2. The molecule has 0 aromatic heterocycles. The van der Waals surface area contributed by atoms with Gasteiger partial charge in [0.05, 0.1) is 23.7 Å². The third-order valence-electron chi connectivity index (χ3n) is 2.98. The number of ether oxygens (including phenoxy) is 1. The van der Waals surface area contributed by atoms with E-state index in [0.717, 1.165) is 0 Å². The minimum absolute atomic E-state index is 0.0172. The number of nitrogens with zero attached hydrogens (tertiary/aromatic N) is 1. The zero-order chi connectivity index (χ0) is 13.3. The molecular formula is C12H13NO5. The number of likely N-dealkylation sites (N-methyl/N-ethyl adjacent to an activating group) is 1. The first-order valence-electron chi connectivity index (χ1n) is 5.44. The highest BCUT2D eigenvalue weighted by Gasteiger charge is 2.27. The van der Waals surface area contributed by atoms with Gasteiger partial charge in [-0.05, 0) is 18.2 Å². The summed E-state index contributed by atoms with van der Waals surface area (Å²) in [7, 11) is 1.77. The topological polar surface area (TPSA) is 87.1 Å². The van der Waals surface area contributed by atoms with Gasteiger partial charge in [-0.3, -0.25) is 4.79 Å². The maximum Gasteiger partial charge on any atom is 0.335 e. The number of carbonyl (C=O) groups is 2. The first-order valence-corrected chi connectivity index (χ1v) is 5.44. The minimum Gasteiger partial charge on any atom is -0.489 e. The van der Waals surface area contributed by atoms with Crippen molar-refractivity contribution in [1.29, 1.82) is 0 Å². The van der Waals surface area contributed by atoms with Crippen LogP contribution in [0, 0.1) is 0 Å². The molecule has 1 heterocycles. The van der Waals surface area contributed by atoms with E-state index in [1.807, 2.05) is 0 Å². The van der Waals surface area contributed by atoms with Crippen LogP contribution in [-0.4, -0.2) is 41.8 Å². The Morgan fingerprint density at radius 3 is 2.78 bits per heavy atom. The second-order valence-corrected chi connectivity index (χ2v) is 4.16. The number of benzene rings is 1. The monoisotopic (exact) mass is 251 g/mol. The number of carboxylic acids is 2. The molecule has 18 heavy (non-hydrogen) atoms. The van der Waals surface area contributed by atoms with Crippen LogP contribution in [0.2, 0.25) is 0 Å². The largest absolute Gasteiger partial charge is 0.489 e. The quantitative estimate of drug-likeness (QED) is 0.835. The van der Waals surface area contributed by atoms with Crippen molar-refractivity contribution in [3.8, 4) is 5.75 Å². The molecule has 0 spiro atoms. The Hall–Kier alpha value is -2.24. The molecule has 0 bridgehead atoms. The summed E-state index contributed by atoms with van der Waals surface area (Å²) >= 11 is 0. The normalized spacial score (nSPS) is 17.8. The van der Waals surface area contributed by atoms with E-state index in [4.69, 9.17) is 14.9 Å². The molecule has 1 aliphatic rings. The average Bonchev–Trinajstić information content (AvgIpc) is 2.32. The molecule has 1 aromatic carbocycles. The van der Waals surface area contributed by atoms with Crippen LogP contribution in [0.5, 0.6) is 5.75 Å². The molecule has 96 valence electrons. The Kier molecular flexibility index (Phi) is 3.10. The second kappa shape index (κ2) is 4.56. The summed E-state index contributed by atoms with van der Waals surface area (Å²) in [6.07, 6.45) is -0.0172. The summed E-state index contributed by atoms with van der Waals surface area (Å²) in [5, 5.41) is 17.7. The van der Waals surface area contributed by atoms with Crippen LogP contribution in [-0.2, 0) is 4.79 Å². The van der Waals surface area contributed by atoms with Crippen LogP contribution < -0.4 is 9.64 Å². The van der Waals surface area contributed by atoms with Crippen molar-refractivity contribution >= 4 is 17.6 Å². The zero-order valence-corrected chi connectivity index (χ0v) is 9.79.